The molecule has 2 nitrogen and oxygen atoms in total. The zero-order chi connectivity index (χ0) is 6.57. The van der Waals surface area contributed by atoms with Crippen LogP contribution in [0.2, 0.25) is 0 Å². The second-order valence-corrected chi connectivity index (χ2v) is 1.65. The summed E-state index contributed by atoms with van der Waals surface area (Å²) in [5.41, 5.74) is 2.43. The minimum absolute atomic E-state index is 0.271. The van der Waals surface area contributed by atoms with E-state index in [4.69, 9.17) is 0 Å². The molecular weight excluding hydrogens is 114 g/mol. The third-order valence-corrected chi connectivity index (χ3v) is 0.562. The maximum atomic E-state index is 11.3. The Morgan fingerprint density at radius 1 is 1.50 bits per heavy atom. The topological polar surface area (TPSA) is 15.3 Å². The third-order valence-electron chi connectivity index (χ3n) is 0.562. The standard InChI is InChI=1S/C4H10F2N2/c1-8(2)7-3-4(5)6/h4,7H,3H2,1-2H3. The monoisotopic (exact) mass is 124 g/mol. The van der Waals surface area contributed by atoms with E-state index < -0.39 is 6.43 Å². The lowest BCUT2D eigenvalue weighted by molar-refractivity contribution is 0.116. The Bertz CT molecular complexity index is 48.0. The number of hydrogen-bond acceptors (Lipinski definition) is 2. The van der Waals surface area contributed by atoms with Gasteiger partial charge in [-0.1, -0.05) is 0 Å². The van der Waals surface area contributed by atoms with E-state index in [1.54, 1.807) is 14.1 Å². The van der Waals surface area contributed by atoms with Crippen LogP contribution in [0.5, 0.6) is 0 Å². The fourth-order valence-electron chi connectivity index (χ4n) is 0.252. The minimum Gasteiger partial charge on any atom is -0.250 e. The van der Waals surface area contributed by atoms with E-state index in [9.17, 15) is 8.78 Å². The molecule has 0 rings (SSSR count). The summed E-state index contributed by atoms with van der Waals surface area (Å²) in [4.78, 5) is 0. The number of hydrazine groups is 1. The van der Waals surface area contributed by atoms with Crippen molar-refractivity contribution in [2.24, 2.45) is 0 Å². The van der Waals surface area contributed by atoms with E-state index >= 15 is 0 Å². The minimum atomic E-state index is -2.27. The van der Waals surface area contributed by atoms with Crippen molar-refractivity contribution in [3.05, 3.63) is 0 Å². The zero-order valence-electron chi connectivity index (χ0n) is 4.99. The molecule has 8 heavy (non-hydrogen) atoms. The molecule has 50 valence electrons. The van der Waals surface area contributed by atoms with Crippen molar-refractivity contribution in [2.75, 3.05) is 20.6 Å². The molecule has 0 aliphatic rings. The molecule has 0 radical (unpaired) electrons. The summed E-state index contributed by atoms with van der Waals surface area (Å²) in [5, 5.41) is 1.49. The van der Waals surface area contributed by atoms with Gasteiger partial charge in [0.05, 0.1) is 6.54 Å². The van der Waals surface area contributed by atoms with Gasteiger partial charge in [-0.25, -0.2) is 14.2 Å². The average Bonchev–Trinajstić information content (AvgIpc) is 1.61. The molecule has 4 heteroatoms. The largest absolute Gasteiger partial charge is 0.252 e. The van der Waals surface area contributed by atoms with Gasteiger partial charge in [-0.3, -0.25) is 5.01 Å². The van der Waals surface area contributed by atoms with Crippen molar-refractivity contribution in [2.45, 2.75) is 6.43 Å². The summed E-state index contributed by atoms with van der Waals surface area (Å²) in [6.07, 6.45) is -2.27. The first-order valence-corrected chi connectivity index (χ1v) is 2.32. The van der Waals surface area contributed by atoms with Crippen molar-refractivity contribution in [1.82, 2.24) is 10.4 Å². The van der Waals surface area contributed by atoms with Gasteiger partial charge in [0.15, 0.2) is 0 Å². The molecule has 0 fully saturated rings. The van der Waals surface area contributed by atoms with Gasteiger partial charge in [-0.2, -0.15) is 0 Å². The fraction of sp³-hybridized carbons (Fsp3) is 1.00. The Balaban J connectivity index is 2.93. The van der Waals surface area contributed by atoms with Gasteiger partial charge < -0.3 is 0 Å². The van der Waals surface area contributed by atoms with Crippen molar-refractivity contribution in [3.63, 3.8) is 0 Å². The summed E-state index contributed by atoms with van der Waals surface area (Å²) in [6, 6.07) is 0. The van der Waals surface area contributed by atoms with Crippen molar-refractivity contribution in [1.29, 1.82) is 0 Å². The maximum absolute atomic E-state index is 11.3. The first-order valence-electron chi connectivity index (χ1n) is 2.32. The highest BCUT2D eigenvalue weighted by Gasteiger charge is 1.99. The first kappa shape index (κ1) is 7.78. The van der Waals surface area contributed by atoms with Gasteiger partial charge in [0.1, 0.15) is 0 Å². The second kappa shape index (κ2) is 3.74. The predicted molar refractivity (Wildman–Crippen MR) is 27.7 cm³/mol. The quantitative estimate of drug-likeness (QED) is 0.545. The molecule has 0 aromatic carbocycles. The number of hydrogen-bond donors (Lipinski definition) is 1. The molecule has 0 saturated heterocycles. The normalized spacial score (nSPS) is 11.2. The van der Waals surface area contributed by atoms with Gasteiger partial charge in [-0.15, -0.1) is 0 Å². The van der Waals surface area contributed by atoms with Crippen molar-refractivity contribution >= 4 is 0 Å². The summed E-state index contributed by atoms with van der Waals surface area (Å²) < 4.78 is 22.6. The van der Waals surface area contributed by atoms with Crippen LogP contribution in [0.3, 0.4) is 0 Å². The Morgan fingerprint density at radius 2 is 2.00 bits per heavy atom. The van der Waals surface area contributed by atoms with Crippen LogP contribution in [0.1, 0.15) is 0 Å². The molecule has 0 heterocycles. The van der Waals surface area contributed by atoms with Crippen LogP contribution in [0.15, 0.2) is 0 Å². The summed E-state index contributed by atoms with van der Waals surface area (Å²) >= 11 is 0. The van der Waals surface area contributed by atoms with Crippen LogP contribution in [0.4, 0.5) is 8.78 Å². The summed E-state index contributed by atoms with van der Waals surface area (Å²) in [5.74, 6) is 0. The van der Waals surface area contributed by atoms with E-state index in [-0.39, 0.29) is 6.54 Å². The van der Waals surface area contributed by atoms with Crippen LogP contribution < -0.4 is 5.43 Å². The summed E-state index contributed by atoms with van der Waals surface area (Å²) in [7, 11) is 3.34. The van der Waals surface area contributed by atoms with Crippen molar-refractivity contribution in [3.8, 4) is 0 Å². The predicted octanol–water partition coefficient (Wildman–Crippen LogP) is 0.318. The Hall–Kier alpha value is -0.220. The average molecular weight is 124 g/mol. The van der Waals surface area contributed by atoms with Crippen LogP contribution >= 0.6 is 0 Å². The Kier molecular flexibility index (Phi) is 3.64. The number of nitrogens with one attached hydrogen (secondary N) is 1. The van der Waals surface area contributed by atoms with E-state index in [2.05, 4.69) is 5.43 Å². The highest BCUT2D eigenvalue weighted by Crippen LogP contribution is 1.86. The van der Waals surface area contributed by atoms with E-state index in [1.165, 1.54) is 5.01 Å². The van der Waals surface area contributed by atoms with E-state index in [0.717, 1.165) is 0 Å². The molecule has 0 aromatic heterocycles. The molecule has 0 saturated carbocycles. The molecule has 0 amide bonds. The van der Waals surface area contributed by atoms with Gasteiger partial charge in [0.2, 0.25) is 0 Å². The molecule has 0 aliphatic carbocycles. The molecular formula is C4H10F2N2. The molecule has 0 aromatic rings. The zero-order valence-corrected chi connectivity index (χ0v) is 4.99. The van der Waals surface area contributed by atoms with Gasteiger partial charge >= 0.3 is 0 Å². The number of halogens is 2. The lowest BCUT2D eigenvalue weighted by atomic mass is 10.7. The molecule has 0 bridgehead atoms. The highest BCUT2D eigenvalue weighted by atomic mass is 19.3. The van der Waals surface area contributed by atoms with E-state index in [0.29, 0.717) is 0 Å². The lowest BCUT2D eigenvalue weighted by Crippen LogP contribution is -2.34. The van der Waals surface area contributed by atoms with Crippen LogP contribution in [0, 0.1) is 0 Å². The first-order chi connectivity index (χ1) is 3.63. The van der Waals surface area contributed by atoms with Crippen LogP contribution in [-0.2, 0) is 0 Å². The molecule has 1 N–H and O–H groups in total. The number of nitrogens with zero attached hydrogens (tertiary/aromatic N) is 1. The number of alkyl halides is 2. The molecule has 0 aliphatic heterocycles. The molecule has 0 spiro atoms. The Labute approximate surface area is 47.4 Å². The van der Waals surface area contributed by atoms with Crippen LogP contribution in [-0.4, -0.2) is 32.1 Å². The van der Waals surface area contributed by atoms with E-state index in [1.807, 2.05) is 0 Å². The van der Waals surface area contributed by atoms with Gasteiger partial charge in [-0.05, 0) is 0 Å². The summed E-state index contributed by atoms with van der Waals surface area (Å²) in [6.45, 7) is -0.271. The third kappa shape index (κ3) is 5.78. The fourth-order valence-corrected chi connectivity index (χ4v) is 0.252. The molecule has 0 unspecified atom stereocenters. The number of rotatable bonds is 3. The SMILES string of the molecule is CN(C)NCC(F)F. The molecule has 0 atom stereocenters. The highest BCUT2D eigenvalue weighted by molar-refractivity contribution is 4.39. The van der Waals surface area contributed by atoms with Gasteiger partial charge in [0.25, 0.3) is 6.43 Å². The Morgan fingerprint density at radius 3 is 2.12 bits per heavy atom. The smallest absolute Gasteiger partial charge is 0.250 e. The van der Waals surface area contributed by atoms with Crippen LogP contribution in [0.25, 0.3) is 0 Å². The van der Waals surface area contributed by atoms with Crippen molar-refractivity contribution < 1.29 is 8.78 Å². The second-order valence-electron chi connectivity index (χ2n) is 1.65. The van der Waals surface area contributed by atoms with Gasteiger partial charge in [0, 0.05) is 14.1 Å². The lowest BCUT2D eigenvalue weighted by Gasteiger charge is -2.09. The maximum Gasteiger partial charge on any atom is 0.252 e.